The smallest absolute Gasteiger partial charge is 0.204 e. The zero-order valence-corrected chi connectivity index (χ0v) is 14.0. The maximum atomic E-state index is 5.41. The predicted molar refractivity (Wildman–Crippen MR) is 95.0 cm³/mol. The van der Waals surface area contributed by atoms with Crippen molar-refractivity contribution in [1.82, 2.24) is 4.98 Å². The maximum absolute atomic E-state index is 5.41. The SMILES string of the molecule is COc1ccc(/C(C)=N/Nc2nc3ccccc3s2)c(OC)c1. The van der Waals surface area contributed by atoms with E-state index in [0.29, 0.717) is 0 Å². The van der Waals surface area contributed by atoms with Crippen LogP contribution in [0.15, 0.2) is 47.6 Å². The number of fused-ring (bicyclic) bond motifs is 1. The molecule has 5 nitrogen and oxygen atoms in total. The molecule has 23 heavy (non-hydrogen) atoms. The lowest BCUT2D eigenvalue weighted by Crippen LogP contribution is -2.02. The van der Waals surface area contributed by atoms with E-state index < -0.39 is 0 Å². The van der Waals surface area contributed by atoms with Crippen molar-refractivity contribution in [3.05, 3.63) is 48.0 Å². The summed E-state index contributed by atoms with van der Waals surface area (Å²) in [5.74, 6) is 1.47. The van der Waals surface area contributed by atoms with Crippen LogP contribution in [-0.4, -0.2) is 24.9 Å². The standard InChI is InChI=1S/C17H17N3O2S/c1-11(13-9-8-12(21-2)10-15(13)22-3)19-20-17-18-14-6-4-5-7-16(14)23-17/h4-10H,1-3H3,(H,18,20)/b19-11+. The van der Waals surface area contributed by atoms with Crippen LogP contribution < -0.4 is 14.9 Å². The van der Waals surface area contributed by atoms with Gasteiger partial charge in [0.05, 0.1) is 30.1 Å². The number of hydrazone groups is 1. The Morgan fingerprint density at radius 3 is 2.70 bits per heavy atom. The fourth-order valence-electron chi connectivity index (χ4n) is 2.21. The van der Waals surface area contributed by atoms with Gasteiger partial charge in [0.25, 0.3) is 0 Å². The van der Waals surface area contributed by atoms with Gasteiger partial charge in [-0.2, -0.15) is 5.10 Å². The summed E-state index contributed by atoms with van der Waals surface area (Å²) < 4.78 is 11.7. The molecule has 0 fully saturated rings. The zero-order chi connectivity index (χ0) is 16.2. The number of benzene rings is 2. The minimum atomic E-state index is 0.719. The fraction of sp³-hybridized carbons (Fsp3) is 0.176. The molecule has 118 valence electrons. The highest BCUT2D eigenvalue weighted by atomic mass is 32.1. The highest BCUT2D eigenvalue weighted by molar-refractivity contribution is 7.22. The summed E-state index contributed by atoms with van der Waals surface area (Å²) in [6, 6.07) is 13.7. The maximum Gasteiger partial charge on any atom is 0.204 e. The first-order chi connectivity index (χ1) is 11.2. The summed E-state index contributed by atoms with van der Waals surface area (Å²) in [5.41, 5.74) is 5.70. The van der Waals surface area contributed by atoms with Crippen molar-refractivity contribution in [1.29, 1.82) is 0 Å². The Kier molecular flexibility index (Phi) is 4.43. The molecule has 0 bridgehead atoms. The lowest BCUT2D eigenvalue weighted by molar-refractivity contribution is 0.394. The van der Waals surface area contributed by atoms with Crippen molar-refractivity contribution in [3.8, 4) is 11.5 Å². The van der Waals surface area contributed by atoms with E-state index in [1.807, 2.05) is 49.4 Å². The first kappa shape index (κ1) is 15.3. The molecule has 3 rings (SSSR count). The van der Waals surface area contributed by atoms with E-state index in [9.17, 15) is 0 Å². The average molecular weight is 327 g/mol. The average Bonchev–Trinajstić information content (AvgIpc) is 3.02. The first-order valence-corrected chi connectivity index (χ1v) is 7.91. The molecule has 0 aliphatic heterocycles. The second-order valence-electron chi connectivity index (χ2n) is 4.86. The lowest BCUT2D eigenvalue weighted by Gasteiger charge is -2.10. The summed E-state index contributed by atoms with van der Waals surface area (Å²) in [7, 11) is 3.26. The molecule has 1 N–H and O–H groups in total. The fourth-order valence-corrected chi connectivity index (χ4v) is 3.02. The number of nitrogens with one attached hydrogen (secondary N) is 1. The molecule has 3 aromatic rings. The zero-order valence-electron chi connectivity index (χ0n) is 13.2. The van der Waals surface area contributed by atoms with Crippen LogP contribution in [0.2, 0.25) is 0 Å². The quantitative estimate of drug-likeness (QED) is 0.565. The van der Waals surface area contributed by atoms with E-state index in [0.717, 1.165) is 38.1 Å². The van der Waals surface area contributed by atoms with Crippen molar-refractivity contribution < 1.29 is 9.47 Å². The third kappa shape index (κ3) is 3.27. The highest BCUT2D eigenvalue weighted by Gasteiger charge is 2.08. The van der Waals surface area contributed by atoms with Crippen molar-refractivity contribution in [3.63, 3.8) is 0 Å². The number of anilines is 1. The summed E-state index contributed by atoms with van der Waals surface area (Å²) in [6.07, 6.45) is 0. The number of para-hydroxylation sites is 1. The number of hydrogen-bond acceptors (Lipinski definition) is 6. The number of rotatable bonds is 5. The van der Waals surface area contributed by atoms with E-state index in [1.165, 1.54) is 0 Å². The van der Waals surface area contributed by atoms with E-state index in [-0.39, 0.29) is 0 Å². The van der Waals surface area contributed by atoms with Crippen LogP contribution in [-0.2, 0) is 0 Å². The van der Waals surface area contributed by atoms with Gasteiger partial charge in [0.2, 0.25) is 5.13 Å². The number of methoxy groups -OCH3 is 2. The highest BCUT2D eigenvalue weighted by Crippen LogP contribution is 2.27. The minimum absolute atomic E-state index is 0.719. The summed E-state index contributed by atoms with van der Waals surface area (Å²) in [5, 5.41) is 5.18. The molecule has 6 heteroatoms. The van der Waals surface area contributed by atoms with Gasteiger partial charge in [-0.15, -0.1) is 0 Å². The van der Waals surface area contributed by atoms with Gasteiger partial charge >= 0.3 is 0 Å². The molecule has 1 heterocycles. The van der Waals surface area contributed by atoms with Crippen molar-refractivity contribution in [2.75, 3.05) is 19.6 Å². The van der Waals surface area contributed by atoms with Crippen molar-refractivity contribution >= 4 is 32.4 Å². The van der Waals surface area contributed by atoms with Crippen LogP contribution in [0, 0.1) is 0 Å². The van der Waals surface area contributed by atoms with E-state index in [1.54, 1.807) is 25.6 Å². The van der Waals surface area contributed by atoms with Crippen LogP contribution in [0.1, 0.15) is 12.5 Å². The summed E-state index contributed by atoms with van der Waals surface area (Å²) in [6.45, 7) is 1.92. The molecule has 0 amide bonds. The summed E-state index contributed by atoms with van der Waals surface area (Å²) in [4.78, 5) is 4.50. The lowest BCUT2D eigenvalue weighted by atomic mass is 10.1. The van der Waals surface area contributed by atoms with E-state index in [4.69, 9.17) is 9.47 Å². The van der Waals surface area contributed by atoms with Crippen LogP contribution in [0.4, 0.5) is 5.13 Å². The monoisotopic (exact) mass is 327 g/mol. The van der Waals surface area contributed by atoms with Gasteiger partial charge in [0.1, 0.15) is 11.5 Å². The third-order valence-corrected chi connectivity index (χ3v) is 4.35. The van der Waals surface area contributed by atoms with Crippen LogP contribution in [0.3, 0.4) is 0 Å². The number of ether oxygens (including phenoxy) is 2. The van der Waals surface area contributed by atoms with Crippen LogP contribution in [0.5, 0.6) is 11.5 Å². The normalized spacial score (nSPS) is 11.5. The van der Waals surface area contributed by atoms with Crippen LogP contribution >= 0.6 is 11.3 Å². The number of thiazole rings is 1. The van der Waals surface area contributed by atoms with Gasteiger partial charge in [0.15, 0.2) is 0 Å². The van der Waals surface area contributed by atoms with Gasteiger partial charge in [-0.1, -0.05) is 23.5 Å². The van der Waals surface area contributed by atoms with Gasteiger partial charge in [-0.3, -0.25) is 5.43 Å². The van der Waals surface area contributed by atoms with Gasteiger partial charge < -0.3 is 9.47 Å². The Hall–Kier alpha value is -2.60. The molecular weight excluding hydrogens is 310 g/mol. The van der Waals surface area contributed by atoms with Gasteiger partial charge in [0, 0.05) is 11.6 Å². The Labute approximate surface area is 138 Å². The first-order valence-electron chi connectivity index (χ1n) is 7.09. The Balaban J connectivity index is 1.84. The molecular formula is C17H17N3O2S. The largest absolute Gasteiger partial charge is 0.497 e. The third-order valence-electron chi connectivity index (χ3n) is 3.41. The van der Waals surface area contributed by atoms with E-state index >= 15 is 0 Å². The second-order valence-corrected chi connectivity index (χ2v) is 5.89. The van der Waals surface area contributed by atoms with Crippen molar-refractivity contribution in [2.45, 2.75) is 6.92 Å². The number of aromatic nitrogens is 1. The number of nitrogens with zero attached hydrogens (tertiary/aromatic N) is 2. The van der Waals surface area contributed by atoms with E-state index in [2.05, 4.69) is 15.5 Å². The topological polar surface area (TPSA) is 55.7 Å². The molecule has 0 aliphatic rings. The van der Waals surface area contributed by atoms with Crippen LogP contribution in [0.25, 0.3) is 10.2 Å². The molecule has 0 aliphatic carbocycles. The second kappa shape index (κ2) is 6.66. The van der Waals surface area contributed by atoms with Crippen molar-refractivity contribution in [2.24, 2.45) is 5.10 Å². The van der Waals surface area contributed by atoms with Gasteiger partial charge in [-0.05, 0) is 31.2 Å². The molecule has 0 saturated carbocycles. The molecule has 0 atom stereocenters. The Morgan fingerprint density at radius 1 is 1.13 bits per heavy atom. The molecule has 1 aromatic heterocycles. The molecule has 2 aromatic carbocycles. The molecule has 0 spiro atoms. The minimum Gasteiger partial charge on any atom is -0.497 e. The predicted octanol–water partition coefficient (Wildman–Crippen LogP) is 4.15. The molecule has 0 unspecified atom stereocenters. The molecule has 0 radical (unpaired) electrons. The number of hydrogen-bond donors (Lipinski definition) is 1. The van der Waals surface area contributed by atoms with Gasteiger partial charge in [-0.25, -0.2) is 4.98 Å². The Bertz CT molecular complexity index is 825. The summed E-state index contributed by atoms with van der Waals surface area (Å²) >= 11 is 1.57. The Morgan fingerprint density at radius 2 is 1.96 bits per heavy atom. The molecule has 0 saturated heterocycles.